The molecule has 1 fully saturated rings. The molecule has 20 heavy (non-hydrogen) atoms. The standard InChI is InChI=1S/C12H14F4N2.C2H6/c13-11(3-5-17-6-4-11)7-9-1-2-10(18-8-9)12(14,15)16;1-2/h1-2,8,17H,3-7H2;1-2H3. The van der Waals surface area contributed by atoms with Crippen LogP contribution in [0.25, 0.3) is 0 Å². The highest BCUT2D eigenvalue weighted by atomic mass is 19.4. The van der Waals surface area contributed by atoms with E-state index in [1.165, 1.54) is 6.07 Å². The van der Waals surface area contributed by atoms with Gasteiger partial charge in [0.1, 0.15) is 11.4 Å². The molecule has 1 saturated heterocycles. The zero-order valence-electron chi connectivity index (χ0n) is 11.7. The van der Waals surface area contributed by atoms with Crippen LogP contribution in [0.2, 0.25) is 0 Å². The fourth-order valence-corrected chi connectivity index (χ4v) is 2.11. The Kier molecular flexibility index (Phi) is 5.92. The lowest BCUT2D eigenvalue weighted by Crippen LogP contribution is -2.40. The zero-order chi connectivity index (χ0) is 15.2. The second-order valence-corrected chi connectivity index (χ2v) is 4.63. The Morgan fingerprint density at radius 3 is 2.25 bits per heavy atom. The number of piperidine rings is 1. The van der Waals surface area contributed by atoms with Crippen molar-refractivity contribution in [1.82, 2.24) is 10.3 Å². The predicted octanol–water partition coefficient (Wildman–Crippen LogP) is 3.76. The van der Waals surface area contributed by atoms with Crippen molar-refractivity contribution in [3.05, 3.63) is 29.6 Å². The van der Waals surface area contributed by atoms with Crippen LogP contribution in [0.15, 0.2) is 18.3 Å². The van der Waals surface area contributed by atoms with Crippen molar-refractivity contribution in [2.75, 3.05) is 13.1 Å². The maximum absolute atomic E-state index is 14.3. The first-order valence-electron chi connectivity index (χ1n) is 6.81. The largest absolute Gasteiger partial charge is 0.433 e. The lowest BCUT2D eigenvalue weighted by molar-refractivity contribution is -0.141. The Labute approximate surface area is 116 Å². The number of pyridine rings is 1. The highest BCUT2D eigenvalue weighted by Crippen LogP contribution is 2.30. The van der Waals surface area contributed by atoms with E-state index in [4.69, 9.17) is 0 Å². The molecule has 2 heterocycles. The molecule has 1 aromatic heterocycles. The molecule has 2 nitrogen and oxygen atoms in total. The number of nitrogens with zero attached hydrogens (tertiary/aromatic N) is 1. The number of nitrogens with one attached hydrogen (secondary N) is 1. The van der Waals surface area contributed by atoms with Crippen LogP contribution in [0.5, 0.6) is 0 Å². The summed E-state index contributed by atoms with van der Waals surface area (Å²) in [6.07, 6.45) is -2.44. The summed E-state index contributed by atoms with van der Waals surface area (Å²) in [6, 6.07) is 2.21. The van der Waals surface area contributed by atoms with Gasteiger partial charge in [-0.05, 0) is 37.6 Å². The first-order valence-corrected chi connectivity index (χ1v) is 6.81. The van der Waals surface area contributed by atoms with Gasteiger partial charge in [-0.2, -0.15) is 13.2 Å². The Morgan fingerprint density at radius 1 is 1.20 bits per heavy atom. The van der Waals surface area contributed by atoms with Gasteiger partial charge < -0.3 is 5.32 Å². The molecule has 0 spiro atoms. The van der Waals surface area contributed by atoms with E-state index in [0.29, 0.717) is 31.5 Å². The average Bonchev–Trinajstić information content (AvgIpc) is 2.41. The van der Waals surface area contributed by atoms with Crippen LogP contribution in [0.1, 0.15) is 37.9 Å². The van der Waals surface area contributed by atoms with Gasteiger partial charge in [-0.3, -0.25) is 4.98 Å². The highest BCUT2D eigenvalue weighted by Gasteiger charge is 2.34. The van der Waals surface area contributed by atoms with E-state index in [1.54, 1.807) is 0 Å². The summed E-state index contributed by atoms with van der Waals surface area (Å²) in [5.41, 5.74) is -1.76. The second-order valence-electron chi connectivity index (χ2n) is 4.63. The van der Waals surface area contributed by atoms with E-state index in [9.17, 15) is 17.6 Å². The molecule has 0 aromatic carbocycles. The van der Waals surface area contributed by atoms with Crippen LogP contribution >= 0.6 is 0 Å². The van der Waals surface area contributed by atoms with Gasteiger partial charge >= 0.3 is 6.18 Å². The topological polar surface area (TPSA) is 24.9 Å². The molecular formula is C14H20F4N2. The van der Waals surface area contributed by atoms with Crippen molar-refractivity contribution < 1.29 is 17.6 Å². The Balaban J connectivity index is 0.000000956. The van der Waals surface area contributed by atoms with Crippen molar-refractivity contribution in [2.45, 2.75) is 45.0 Å². The molecule has 0 aliphatic carbocycles. The number of rotatable bonds is 2. The van der Waals surface area contributed by atoms with Gasteiger partial charge in [-0.15, -0.1) is 0 Å². The van der Waals surface area contributed by atoms with Crippen LogP contribution < -0.4 is 5.32 Å². The van der Waals surface area contributed by atoms with Crippen LogP contribution in [0.3, 0.4) is 0 Å². The first kappa shape index (κ1) is 16.9. The van der Waals surface area contributed by atoms with E-state index >= 15 is 0 Å². The molecule has 0 unspecified atom stereocenters. The molecule has 0 saturated carbocycles. The van der Waals surface area contributed by atoms with Crippen molar-refractivity contribution in [3.8, 4) is 0 Å². The molecule has 0 bridgehead atoms. The SMILES string of the molecule is CC.FC1(Cc2ccc(C(F)(F)F)nc2)CCNCC1. The molecule has 1 aliphatic rings. The fourth-order valence-electron chi connectivity index (χ4n) is 2.11. The Bertz CT molecular complexity index is 395. The number of alkyl halides is 4. The zero-order valence-corrected chi connectivity index (χ0v) is 11.7. The first-order chi connectivity index (χ1) is 9.39. The Hall–Kier alpha value is -1.17. The predicted molar refractivity (Wildman–Crippen MR) is 70.2 cm³/mol. The van der Waals surface area contributed by atoms with E-state index in [1.807, 2.05) is 13.8 Å². The lowest BCUT2D eigenvalue weighted by atomic mass is 9.88. The van der Waals surface area contributed by atoms with Crippen molar-refractivity contribution >= 4 is 0 Å². The molecule has 0 atom stereocenters. The summed E-state index contributed by atoms with van der Waals surface area (Å²) in [4.78, 5) is 3.34. The average molecular weight is 292 g/mol. The number of hydrogen-bond acceptors (Lipinski definition) is 2. The minimum absolute atomic E-state index is 0.125. The maximum Gasteiger partial charge on any atom is 0.433 e. The summed E-state index contributed by atoms with van der Waals surface area (Å²) in [5.74, 6) is 0. The van der Waals surface area contributed by atoms with Gasteiger partial charge in [-0.25, -0.2) is 4.39 Å². The maximum atomic E-state index is 14.3. The van der Waals surface area contributed by atoms with E-state index < -0.39 is 17.5 Å². The quantitative estimate of drug-likeness (QED) is 0.840. The molecule has 114 valence electrons. The van der Waals surface area contributed by atoms with E-state index in [2.05, 4.69) is 10.3 Å². The monoisotopic (exact) mass is 292 g/mol. The van der Waals surface area contributed by atoms with Gasteiger partial charge in [0.25, 0.3) is 0 Å². The highest BCUT2D eigenvalue weighted by molar-refractivity contribution is 5.18. The third-order valence-corrected chi connectivity index (χ3v) is 3.14. The number of hydrogen-bond donors (Lipinski definition) is 1. The van der Waals surface area contributed by atoms with Crippen LogP contribution in [0, 0.1) is 0 Å². The third-order valence-electron chi connectivity index (χ3n) is 3.14. The summed E-state index contributed by atoms with van der Waals surface area (Å²) in [5, 5.41) is 3.05. The molecule has 1 aromatic rings. The van der Waals surface area contributed by atoms with E-state index in [-0.39, 0.29) is 6.42 Å². The molecule has 1 aliphatic heterocycles. The minimum Gasteiger partial charge on any atom is -0.316 e. The molecular weight excluding hydrogens is 272 g/mol. The third kappa shape index (κ3) is 4.74. The van der Waals surface area contributed by atoms with Crippen molar-refractivity contribution in [3.63, 3.8) is 0 Å². The molecule has 0 radical (unpaired) electrons. The fraction of sp³-hybridized carbons (Fsp3) is 0.643. The van der Waals surface area contributed by atoms with Gasteiger partial charge in [0.05, 0.1) is 0 Å². The summed E-state index contributed by atoms with van der Waals surface area (Å²) >= 11 is 0. The molecule has 0 amide bonds. The summed E-state index contributed by atoms with van der Waals surface area (Å²) in [7, 11) is 0. The normalized spacial score (nSPS) is 18.1. The molecule has 6 heteroatoms. The van der Waals surface area contributed by atoms with Crippen molar-refractivity contribution in [1.29, 1.82) is 0 Å². The number of aromatic nitrogens is 1. The van der Waals surface area contributed by atoms with Gasteiger partial charge in [0.15, 0.2) is 0 Å². The van der Waals surface area contributed by atoms with Gasteiger partial charge in [0, 0.05) is 12.6 Å². The molecule has 1 N–H and O–H groups in total. The van der Waals surface area contributed by atoms with Crippen LogP contribution in [0.4, 0.5) is 17.6 Å². The smallest absolute Gasteiger partial charge is 0.316 e. The minimum atomic E-state index is -4.44. The van der Waals surface area contributed by atoms with Gasteiger partial charge in [0.2, 0.25) is 0 Å². The second kappa shape index (κ2) is 7.02. The van der Waals surface area contributed by atoms with Gasteiger partial charge in [-0.1, -0.05) is 19.9 Å². The summed E-state index contributed by atoms with van der Waals surface area (Å²) in [6.45, 7) is 5.20. The number of halogens is 4. The van der Waals surface area contributed by atoms with Crippen molar-refractivity contribution in [2.24, 2.45) is 0 Å². The lowest BCUT2D eigenvalue weighted by Gasteiger charge is -2.30. The van der Waals surface area contributed by atoms with E-state index in [0.717, 1.165) is 12.3 Å². The Morgan fingerprint density at radius 2 is 1.80 bits per heavy atom. The summed E-state index contributed by atoms with van der Waals surface area (Å²) < 4.78 is 51.2. The van der Waals surface area contributed by atoms with Crippen LogP contribution in [-0.4, -0.2) is 23.7 Å². The molecule has 2 rings (SSSR count). The van der Waals surface area contributed by atoms with Crippen LogP contribution in [-0.2, 0) is 12.6 Å².